The number of non-ortho nitro benzene ring substituents is 1. The fraction of sp³-hybridized carbons (Fsp3) is 0.286. The van der Waals surface area contributed by atoms with E-state index in [1.165, 1.54) is 12.1 Å². The average molecular weight is 445 g/mol. The highest BCUT2D eigenvalue weighted by Gasteiger charge is 2.26. The van der Waals surface area contributed by atoms with Crippen molar-refractivity contribution in [3.8, 4) is 0 Å². The van der Waals surface area contributed by atoms with Crippen molar-refractivity contribution in [1.82, 2.24) is 9.80 Å². The number of nitrogens with zero attached hydrogens (tertiary/aromatic N) is 3. The number of piperazine rings is 1. The van der Waals surface area contributed by atoms with E-state index in [1.54, 1.807) is 41.0 Å². The molecule has 1 heterocycles. The summed E-state index contributed by atoms with van der Waals surface area (Å²) in [6.07, 6.45) is 0.425. The van der Waals surface area contributed by atoms with Crippen molar-refractivity contribution < 1.29 is 19.3 Å². The molecule has 3 rings (SSSR count). The van der Waals surface area contributed by atoms with Crippen molar-refractivity contribution in [2.24, 2.45) is 0 Å². The van der Waals surface area contributed by atoms with Crippen LogP contribution in [0.5, 0.6) is 0 Å². The summed E-state index contributed by atoms with van der Waals surface area (Å²) in [5.74, 6) is -0.785. The van der Waals surface area contributed by atoms with Gasteiger partial charge in [-0.25, -0.2) is 0 Å². The van der Waals surface area contributed by atoms with Crippen LogP contribution in [0.3, 0.4) is 0 Å². The zero-order valence-corrected chi connectivity index (χ0v) is 17.6. The molecule has 0 aliphatic carbocycles. The Balaban J connectivity index is 1.75. The number of hydrogen-bond acceptors (Lipinski definition) is 5. The van der Waals surface area contributed by atoms with Gasteiger partial charge in [-0.1, -0.05) is 30.7 Å². The van der Waals surface area contributed by atoms with E-state index in [4.69, 9.17) is 11.6 Å². The zero-order valence-electron chi connectivity index (χ0n) is 16.8. The van der Waals surface area contributed by atoms with Crippen molar-refractivity contribution >= 4 is 40.7 Å². The van der Waals surface area contributed by atoms with E-state index in [-0.39, 0.29) is 28.1 Å². The van der Waals surface area contributed by atoms with Crippen LogP contribution in [0.1, 0.15) is 34.1 Å². The Morgan fingerprint density at radius 1 is 1.03 bits per heavy atom. The second kappa shape index (κ2) is 9.57. The number of carbonyl (C=O) groups excluding carboxylic acids is 3. The Kier molecular flexibility index (Phi) is 6.86. The lowest BCUT2D eigenvalue weighted by Crippen LogP contribution is -2.50. The molecule has 0 unspecified atom stereocenters. The molecule has 1 fully saturated rings. The van der Waals surface area contributed by atoms with Crippen LogP contribution in [0.4, 0.5) is 11.4 Å². The van der Waals surface area contributed by atoms with Crippen LogP contribution in [0.15, 0.2) is 42.5 Å². The van der Waals surface area contributed by atoms with Gasteiger partial charge in [-0.3, -0.25) is 24.5 Å². The minimum Gasteiger partial charge on any atom is -0.339 e. The summed E-state index contributed by atoms with van der Waals surface area (Å²) in [5, 5.41) is 13.5. The van der Waals surface area contributed by atoms with E-state index in [2.05, 4.69) is 5.32 Å². The van der Waals surface area contributed by atoms with Crippen molar-refractivity contribution in [1.29, 1.82) is 0 Å². The van der Waals surface area contributed by atoms with E-state index in [9.17, 15) is 24.5 Å². The number of para-hydroxylation sites is 1. The Morgan fingerprint density at radius 2 is 1.68 bits per heavy atom. The molecule has 1 aliphatic heterocycles. The number of benzene rings is 2. The van der Waals surface area contributed by atoms with Gasteiger partial charge in [-0.2, -0.15) is 0 Å². The first-order chi connectivity index (χ1) is 14.8. The Labute approximate surface area is 183 Å². The Morgan fingerprint density at radius 3 is 2.29 bits per heavy atom. The van der Waals surface area contributed by atoms with E-state index in [1.807, 2.05) is 0 Å². The van der Waals surface area contributed by atoms with Gasteiger partial charge in [-0.05, 0) is 18.2 Å². The predicted molar refractivity (Wildman–Crippen MR) is 115 cm³/mol. The van der Waals surface area contributed by atoms with Crippen LogP contribution >= 0.6 is 11.6 Å². The molecule has 10 heteroatoms. The maximum absolute atomic E-state index is 13.0. The summed E-state index contributed by atoms with van der Waals surface area (Å²) in [4.78, 5) is 51.2. The number of halogens is 1. The molecule has 0 bridgehead atoms. The second-order valence-corrected chi connectivity index (χ2v) is 7.35. The number of amides is 3. The van der Waals surface area contributed by atoms with Crippen LogP contribution in [0.25, 0.3) is 0 Å². The van der Waals surface area contributed by atoms with E-state index in [0.717, 1.165) is 6.07 Å². The maximum Gasteiger partial charge on any atom is 0.270 e. The average Bonchev–Trinajstić information content (AvgIpc) is 2.78. The van der Waals surface area contributed by atoms with Gasteiger partial charge < -0.3 is 15.1 Å². The Bertz CT molecular complexity index is 1030. The first-order valence-electron chi connectivity index (χ1n) is 9.73. The zero-order chi connectivity index (χ0) is 22.5. The summed E-state index contributed by atoms with van der Waals surface area (Å²) in [7, 11) is 0. The van der Waals surface area contributed by atoms with Crippen molar-refractivity contribution in [3.05, 3.63) is 68.7 Å². The van der Waals surface area contributed by atoms with Gasteiger partial charge in [0.15, 0.2) is 0 Å². The molecule has 1 N–H and O–H groups in total. The molecule has 0 spiro atoms. The van der Waals surface area contributed by atoms with Crippen LogP contribution < -0.4 is 5.32 Å². The molecule has 0 aromatic heterocycles. The quantitative estimate of drug-likeness (QED) is 0.562. The topological polar surface area (TPSA) is 113 Å². The molecular formula is C21H21ClN4O5. The predicted octanol–water partition coefficient (Wildman–Crippen LogP) is 3.19. The number of nitro groups is 1. The van der Waals surface area contributed by atoms with E-state index < -0.39 is 10.8 Å². The molecule has 1 aliphatic rings. The van der Waals surface area contributed by atoms with Gasteiger partial charge in [0.25, 0.3) is 17.5 Å². The lowest BCUT2D eigenvalue weighted by Gasteiger charge is -2.35. The SMILES string of the molecule is CCC(=O)N1CCN(C(=O)c2ccccc2NC(=O)c2ccc([N+](=O)[O-])cc2Cl)CC1. The van der Waals surface area contributed by atoms with Crippen LogP contribution in [-0.4, -0.2) is 58.6 Å². The smallest absolute Gasteiger partial charge is 0.270 e. The minimum absolute atomic E-state index is 0.0553. The third-order valence-corrected chi connectivity index (χ3v) is 5.35. The summed E-state index contributed by atoms with van der Waals surface area (Å²) in [6, 6.07) is 10.1. The number of nitrogens with one attached hydrogen (secondary N) is 1. The molecule has 2 aromatic rings. The van der Waals surface area contributed by atoms with Crippen molar-refractivity contribution in [2.75, 3.05) is 31.5 Å². The number of rotatable bonds is 5. The molecule has 31 heavy (non-hydrogen) atoms. The summed E-state index contributed by atoms with van der Waals surface area (Å²) >= 11 is 6.04. The summed E-state index contributed by atoms with van der Waals surface area (Å²) in [6.45, 7) is 3.54. The van der Waals surface area contributed by atoms with Gasteiger partial charge in [0.05, 0.1) is 26.8 Å². The van der Waals surface area contributed by atoms with E-state index in [0.29, 0.717) is 43.9 Å². The molecule has 0 atom stereocenters. The van der Waals surface area contributed by atoms with Gasteiger partial charge in [0.1, 0.15) is 0 Å². The standard InChI is InChI=1S/C21H21ClN4O5/c1-2-19(27)24-9-11-25(12-10-24)21(29)16-5-3-4-6-18(16)23-20(28)15-8-7-14(26(30)31)13-17(15)22/h3-8,13H,2,9-12H2,1H3,(H,23,28). The molecule has 162 valence electrons. The van der Waals surface area contributed by atoms with Gasteiger partial charge in [-0.15, -0.1) is 0 Å². The largest absolute Gasteiger partial charge is 0.339 e. The van der Waals surface area contributed by atoms with Crippen molar-refractivity contribution in [2.45, 2.75) is 13.3 Å². The van der Waals surface area contributed by atoms with Crippen LogP contribution in [0, 0.1) is 10.1 Å². The number of hydrogen-bond donors (Lipinski definition) is 1. The third-order valence-electron chi connectivity index (χ3n) is 5.04. The highest BCUT2D eigenvalue weighted by Crippen LogP contribution is 2.25. The highest BCUT2D eigenvalue weighted by molar-refractivity contribution is 6.34. The lowest BCUT2D eigenvalue weighted by molar-refractivity contribution is -0.384. The maximum atomic E-state index is 13.0. The summed E-state index contributed by atoms with van der Waals surface area (Å²) in [5.41, 5.74) is 0.446. The normalized spacial score (nSPS) is 13.6. The fourth-order valence-corrected chi connectivity index (χ4v) is 3.58. The number of carbonyl (C=O) groups is 3. The van der Waals surface area contributed by atoms with Crippen LogP contribution in [-0.2, 0) is 4.79 Å². The van der Waals surface area contributed by atoms with Gasteiger partial charge >= 0.3 is 0 Å². The molecule has 0 radical (unpaired) electrons. The lowest BCUT2D eigenvalue weighted by atomic mass is 10.1. The second-order valence-electron chi connectivity index (χ2n) is 6.95. The van der Waals surface area contributed by atoms with Crippen molar-refractivity contribution in [3.63, 3.8) is 0 Å². The molecule has 2 aromatic carbocycles. The highest BCUT2D eigenvalue weighted by atomic mass is 35.5. The monoisotopic (exact) mass is 444 g/mol. The van der Waals surface area contributed by atoms with Gasteiger partial charge in [0, 0.05) is 44.7 Å². The third kappa shape index (κ3) is 5.00. The number of nitro benzene ring substituents is 1. The van der Waals surface area contributed by atoms with Crippen LogP contribution in [0.2, 0.25) is 5.02 Å². The molecule has 9 nitrogen and oxygen atoms in total. The molecule has 1 saturated heterocycles. The number of anilines is 1. The molecular weight excluding hydrogens is 424 g/mol. The first kappa shape index (κ1) is 22.2. The summed E-state index contributed by atoms with van der Waals surface area (Å²) < 4.78 is 0. The Hall–Kier alpha value is -3.46. The fourth-order valence-electron chi connectivity index (χ4n) is 3.32. The minimum atomic E-state index is -0.602. The first-order valence-corrected chi connectivity index (χ1v) is 10.1. The molecule has 0 saturated carbocycles. The van der Waals surface area contributed by atoms with E-state index >= 15 is 0 Å². The van der Waals surface area contributed by atoms with Gasteiger partial charge in [0.2, 0.25) is 5.91 Å². The molecule has 3 amide bonds.